The molecule has 7 heteroatoms. The van der Waals surface area contributed by atoms with Gasteiger partial charge in [-0.3, -0.25) is 10.1 Å². The predicted octanol–water partition coefficient (Wildman–Crippen LogP) is 0.453. The van der Waals surface area contributed by atoms with Gasteiger partial charge in [0.15, 0.2) is 6.61 Å². The average Bonchev–Trinajstić information content (AvgIpc) is 2.25. The summed E-state index contributed by atoms with van der Waals surface area (Å²) in [5.41, 5.74) is 4.85. The average molecular weight is 256 g/mol. The predicted molar refractivity (Wildman–Crippen MR) is 60.3 cm³/mol. The van der Waals surface area contributed by atoms with Crippen LogP contribution in [0.2, 0.25) is 0 Å². The Morgan fingerprint density at radius 2 is 2.22 bits per heavy atom. The van der Waals surface area contributed by atoms with E-state index in [1.54, 1.807) is 5.32 Å². The van der Waals surface area contributed by atoms with Gasteiger partial charge in [0.25, 0.3) is 5.91 Å². The van der Waals surface area contributed by atoms with Crippen molar-refractivity contribution in [1.29, 1.82) is 0 Å². The lowest BCUT2D eigenvalue weighted by atomic mass is 10.1. The summed E-state index contributed by atoms with van der Waals surface area (Å²) < 4.78 is 18.4. The van der Waals surface area contributed by atoms with Crippen LogP contribution in [0, 0.1) is 5.82 Å². The van der Waals surface area contributed by atoms with Crippen LogP contribution in [0.3, 0.4) is 0 Å². The van der Waals surface area contributed by atoms with Crippen LogP contribution in [-0.4, -0.2) is 23.7 Å². The molecule has 1 rings (SSSR count). The number of nitrogens with one attached hydrogen (secondary N) is 1. The minimum absolute atomic E-state index is 0.108. The zero-order valence-corrected chi connectivity index (χ0v) is 9.64. The van der Waals surface area contributed by atoms with E-state index in [0.717, 1.165) is 6.07 Å². The molecule has 0 fully saturated rings. The number of carbonyl (C=O) groups excluding carboxylic acids is 2. The fourth-order valence-corrected chi connectivity index (χ4v) is 1.26. The van der Waals surface area contributed by atoms with Crippen molar-refractivity contribution in [1.82, 2.24) is 5.32 Å². The van der Waals surface area contributed by atoms with Crippen molar-refractivity contribution < 1.29 is 23.8 Å². The summed E-state index contributed by atoms with van der Waals surface area (Å²) in [5, 5.41) is 11.0. The molecule has 6 nitrogen and oxygen atoms in total. The van der Waals surface area contributed by atoms with E-state index in [4.69, 9.17) is 10.5 Å². The van der Waals surface area contributed by atoms with Gasteiger partial charge in [0.1, 0.15) is 11.6 Å². The first-order chi connectivity index (χ1) is 8.40. The Morgan fingerprint density at radius 1 is 1.56 bits per heavy atom. The lowest BCUT2D eigenvalue weighted by Gasteiger charge is -2.09. The second-order valence-corrected chi connectivity index (χ2v) is 3.56. The molecule has 1 atom stereocenters. The van der Waals surface area contributed by atoms with E-state index < -0.39 is 30.5 Å². The molecule has 0 aliphatic rings. The van der Waals surface area contributed by atoms with Crippen molar-refractivity contribution >= 4 is 11.9 Å². The maximum atomic E-state index is 13.4. The van der Waals surface area contributed by atoms with E-state index in [2.05, 4.69) is 0 Å². The molecule has 98 valence electrons. The number of halogens is 1. The van der Waals surface area contributed by atoms with Crippen molar-refractivity contribution in [2.45, 2.75) is 13.0 Å². The van der Waals surface area contributed by atoms with Crippen LogP contribution in [0.25, 0.3) is 0 Å². The quantitative estimate of drug-likeness (QED) is 0.728. The molecule has 0 heterocycles. The summed E-state index contributed by atoms with van der Waals surface area (Å²) in [4.78, 5) is 21.4. The second kappa shape index (κ2) is 5.97. The van der Waals surface area contributed by atoms with Crippen molar-refractivity contribution in [3.63, 3.8) is 0 Å². The number of aliphatic hydroxyl groups is 1. The number of ether oxygens (including phenoxy) is 1. The zero-order chi connectivity index (χ0) is 13.7. The third-order valence-electron chi connectivity index (χ3n) is 2.05. The number of primary amides is 1. The fraction of sp³-hybridized carbons (Fsp3) is 0.273. The molecular weight excluding hydrogens is 243 g/mol. The van der Waals surface area contributed by atoms with E-state index in [0.29, 0.717) is 0 Å². The minimum atomic E-state index is -0.987. The number of amides is 3. The number of aliphatic hydroxyl groups excluding tert-OH is 1. The van der Waals surface area contributed by atoms with E-state index >= 15 is 0 Å². The largest absolute Gasteiger partial charge is 0.484 e. The molecule has 4 N–H and O–H groups in total. The molecule has 1 aromatic rings. The van der Waals surface area contributed by atoms with Gasteiger partial charge in [0, 0.05) is 11.6 Å². The van der Waals surface area contributed by atoms with Gasteiger partial charge in [-0.05, 0) is 19.1 Å². The Morgan fingerprint density at radius 3 is 2.72 bits per heavy atom. The lowest BCUT2D eigenvalue weighted by molar-refractivity contribution is -0.121. The van der Waals surface area contributed by atoms with Crippen molar-refractivity contribution in [2.24, 2.45) is 5.73 Å². The Kier molecular flexibility index (Phi) is 4.61. The molecule has 0 radical (unpaired) electrons. The van der Waals surface area contributed by atoms with Gasteiger partial charge in [-0.15, -0.1) is 0 Å². The molecular formula is C11H13FN2O4. The smallest absolute Gasteiger partial charge is 0.318 e. The molecule has 0 spiro atoms. The van der Waals surface area contributed by atoms with Crippen LogP contribution >= 0.6 is 0 Å². The highest BCUT2D eigenvalue weighted by molar-refractivity contribution is 5.94. The van der Waals surface area contributed by atoms with Crippen LogP contribution in [-0.2, 0) is 4.79 Å². The third-order valence-corrected chi connectivity index (χ3v) is 2.05. The second-order valence-electron chi connectivity index (χ2n) is 3.56. The molecule has 0 saturated carbocycles. The Bertz CT molecular complexity index is 462. The molecule has 0 bridgehead atoms. The number of hydrogen-bond acceptors (Lipinski definition) is 4. The number of carbonyl (C=O) groups is 2. The highest BCUT2D eigenvalue weighted by atomic mass is 19.1. The normalized spacial score (nSPS) is 11.7. The summed E-state index contributed by atoms with van der Waals surface area (Å²) >= 11 is 0. The highest BCUT2D eigenvalue weighted by Gasteiger charge is 2.10. The van der Waals surface area contributed by atoms with Crippen LogP contribution in [0.4, 0.5) is 9.18 Å². The number of imide groups is 1. The van der Waals surface area contributed by atoms with Crippen LogP contribution in [0.5, 0.6) is 5.75 Å². The Balaban J connectivity index is 2.61. The van der Waals surface area contributed by atoms with Crippen LogP contribution in [0.15, 0.2) is 18.2 Å². The van der Waals surface area contributed by atoms with Gasteiger partial charge in [-0.2, -0.15) is 0 Å². The summed E-state index contributed by atoms with van der Waals surface area (Å²) in [6, 6.07) is 2.81. The third kappa shape index (κ3) is 4.02. The molecule has 0 aromatic heterocycles. The van der Waals surface area contributed by atoms with Gasteiger partial charge in [0.05, 0.1) is 6.10 Å². The standard InChI is InChI=1S/C11H13FN2O4/c1-6(15)8-3-2-7(4-9(8)12)18-5-10(16)14-11(13)17/h2-4,6,15H,5H2,1H3,(H3,13,14,16,17)/t6-/m0/s1. The topological polar surface area (TPSA) is 102 Å². The highest BCUT2D eigenvalue weighted by Crippen LogP contribution is 2.21. The minimum Gasteiger partial charge on any atom is -0.484 e. The first-order valence-corrected chi connectivity index (χ1v) is 5.09. The number of urea groups is 1. The summed E-state index contributed by atoms with van der Waals surface area (Å²) in [6.45, 7) is 0.968. The number of nitrogens with two attached hydrogens (primary N) is 1. The molecule has 0 unspecified atom stereocenters. The lowest BCUT2D eigenvalue weighted by Crippen LogP contribution is -2.38. The van der Waals surface area contributed by atoms with Gasteiger partial charge < -0.3 is 15.6 Å². The maximum absolute atomic E-state index is 13.4. The SMILES string of the molecule is C[C@H](O)c1ccc(OCC(=O)NC(N)=O)cc1F. The molecule has 3 amide bonds. The molecule has 0 aliphatic carbocycles. The molecule has 1 aromatic carbocycles. The van der Waals surface area contributed by atoms with Gasteiger partial charge in [-0.25, -0.2) is 9.18 Å². The van der Waals surface area contributed by atoms with Crippen molar-refractivity contribution in [3.05, 3.63) is 29.6 Å². The summed E-state index contributed by atoms with van der Waals surface area (Å²) in [7, 11) is 0. The van der Waals surface area contributed by atoms with E-state index in [1.165, 1.54) is 19.1 Å². The van der Waals surface area contributed by atoms with Crippen molar-refractivity contribution in [3.8, 4) is 5.75 Å². The van der Waals surface area contributed by atoms with Gasteiger partial charge in [0.2, 0.25) is 0 Å². The first-order valence-electron chi connectivity index (χ1n) is 5.09. The van der Waals surface area contributed by atoms with Crippen LogP contribution < -0.4 is 15.8 Å². The fourth-order valence-electron chi connectivity index (χ4n) is 1.26. The molecule has 0 aliphatic heterocycles. The van der Waals surface area contributed by atoms with Gasteiger partial charge in [-0.1, -0.05) is 0 Å². The molecule has 0 saturated heterocycles. The van der Waals surface area contributed by atoms with E-state index in [9.17, 15) is 19.1 Å². The van der Waals surface area contributed by atoms with Crippen LogP contribution in [0.1, 0.15) is 18.6 Å². The zero-order valence-electron chi connectivity index (χ0n) is 9.64. The Hall–Kier alpha value is -2.15. The Labute approximate surface area is 103 Å². The van der Waals surface area contributed by atoms with E-state index in [-0.39, 0.29) is 11.3 Å². The monoisotopic (exact) mass is 256 g/mol. The van der Waals surface area contributed by atoms with Crippen molar-refractivity contribution in [2.75, 3.05) is 6.61 Å². The molecule has 18 heavy (non-hydrogen) atoms. The first kappa shape index (κ1) is 13.9. The number of rotatable bonds is 4. The summed E-state index contributed by atoms with van der Waals surface area (Å²) in [5.74, 6) is -1.27. The van der Waals surface area contributed by atoms with Gasteiger partial charge >= 0.3 is 6.03 Å². The number of benzene rings is 1. The van der Waals surface area contributed by atoms with E-state index in [1.807, 2.05) is 0 Å². The maximum Gasteiger partial charge on any atom is 0.318 e. The summed E-state index contributed by atoms with van der Waals surface area (Å²) in [6.07, 6.45) is -0.933. The number of hydrogen-bond donors (Lipinski definition) is 3.